The Hall–Kier alpha value is -2.15. The van der Waals surface area contributed by atoms with Gasteiger partial charge in [0.1, 0.15) is 11.4 Å². The van der Waals surface area contributed by atoms with E-state index in [4.69, 9.17) is 16.3 Å². The summed E-state index contributed by atoms with van der Waals surface area (Å²) in [6.07, 6.45) is 0.750. The van der Waals surface area contributed by atoms with Gasteiger partial charge in [-0.15, -0.1) is 11.3 Å². The van der Waals surface area contributed by atoms with Gasteiger partial charge in [0.15, 0.2) is 0 Å². The maximum atomic E-state index is 12.6. The standard InChI is InChI=1S/C18H18ClN3O2S/c1-24-10-5-9-20-18(23)16-12-14(17-8-4-11-25-17)21-22(16)15-7-3-2-6-13(15)19/h2-4,6-8,11-12H,5,9-10H2,1H3,(H,20,23). The van der Waals surface area contributed by atoms with E-state index in [2.05, 4.69) is 10.4 Å². The highest BCUT2D eigenvalue weighted by atomic mass is 35.5. The molecule has 0 aliphatic carbocycles. The third kappa shape index (κ3) is 4.10. The van der Waals surface area contributed by atoms with E-state index in [1.807, 2.05) is 35.7 Å². The largest absolute Gasteiger partial charge is 0.385 e. The van der Waals surface area contributed by atoms with Crippen LogP contribution in [-0.4, -0.2) is 35.9 Å². The molecule has 3 rings (SSSR count). The fourth-order valence-electron chi connectivity index (χ4n) is 2.40. The summed E-state index contributed by atoms with van der Waals surface area (Å²) in [5.41, 5.74) is 1.87. The van der Waals surface area contributed by atoms with E-state index >= 15 is 0 Å². The van der Waals surface area contributed by atoms with E-state index in [9.17, 15) is 4.79 Å². The van der Waals surface area contributed by atoms with Crippen molar-refractivity contribution < 1.29 is 9.53 Å². The van der Waals surface area contributed by atoms with Crippen LogP contribution in [0.5, 0.6) is 0 Å². The summed E-state index contributed by atoms with van der Waals surface area (Å²) < 4.78 is 6.61. The highest BCUT2D eigenvalue weighted by Gasteiger charge is 2.19. The van der Waals surface area contributed by atoms with Gasteiger partial charge in [0.25, 0.3) is 5.91 Å². The Labute approximate surface area is 155 Å². The van der Waals surface area contributed by atoms with Crippen LogP contribution in [0, 0.1) is 0 Å². The third-order valence-corrected chi connectivity index (χ3v) is 4.82. The second-order valence-corrected chi connectivity index (χ2v) is 6.71. The van der Waals surface area contributed by atoms with Crippen LogP contribution in [-0.2, 0) is 4.74 Å². The van der Waals surface area contributed by atoms with E-state index in [0.29, 0.717) is 29.6 Å². The first-order valence-electron chi connectivity index (χ1n) is 7.86. The van der Waals surface area contributed by atoms with Crippen LogP contribution in [0.4, 0.5) is 0 Å². The molecule has 5 nitrogen and oxygen atoms in total. The number of aromatic nitrogens is 2. The molecular weight excluding hydrogens is 358 g/mol. The minimum absolute atomic E-state index is 0.189. The van der Waals surface area contributed by atoms with Crippen molar-refractivity contribution in [2.75, 3.05) is 20.3 Å². The minimum Gasteiger partial charge on any atom is -0.385 e. The van der Waals surface area contributed by atoms with Crippen molar-refractivity contribution in [1.82, 2.24) is 15.1 Å². The molecule has 0 saturated carbocycles. The number of carbonyl (C=O) groups excluding carboxylic acids is 1. The van der Waals surface area contributed by atoms with E-state index in [1.54, 1.807) is 35.3 Å². The molecule has 2 heterocycles. The molecule has 1 amide bonds. The molecule has 0 aliphatic heterocycles. The summed E-state index contributed by atoms with van der Waals surface area (Å²) in [4.78, 5) is 13.6. The molecular formula is C18H18ClN3O2S. The van der Waals surface area contributed by atoms with Crippen molar-refractivity contribution in [2.24, 2.45) is 0 Å². The predicted molar refractivity (Wildman–Crippen MR) is 101 cm³/mol. The van der Waals surface area contributed by atoms with E-state index in [-0.39, 0.29) is 5.91 Å². The number of benzene rings is 1. The number of carbonyl (C=O) groups is 1. The summed E-state index contributed by atoms with van der Waals surface area (Å²) in [6.45, 7) is 1.14. The Kier molecular flexibility index (Phi) is 5.86. The van der Waals surface area contributed by atoms with Gasteiger partial charge in [-0.05, 0) is 36.1 Å². The van der Waals surface area contributed by atoms with Crippen LogP contribution >= 0.6 is 22.9 Å². The van der Waals surface area contributed by atoms with Gasteiger partial charge < -0.3 is 10.1 Å². The van der Waals surface area contributed by atoms with Crippen molar-refractivity contribution in [3.8, 4) is 16.3 Å². The second kappa shape index (κ2) is 8.29. The summed E-state index contributed by atoms with van der Waals surface area (Å²) in [5, 5.41) is 10.0. The lowest BCUT2D eigenvalue weighted by atomic mass is 10.2. The van der Waals surface area contributed by atoms with Crippen molar-refractivity contribution in [1.29, 1.82) is 0 Å². The summed E-state index contributed by atoms with van der Waals surface area (Å²) in [7, 11) is 1.64. The number of halogens is 1. The molecule has 1 N–H and O–H groups in total. The first-order chi connectivity index (χ1) is 12.2. The zero-order chi connectivity index (χ0) is 17.6. The van der Waals surface area contributed by atoms with Gasteiger partial charge in [-0.25, -0.2) is 4.68 Å². The van der Waals surface area contributed by atoms with Gasteiger partial charge in [-0.3, -0.25) is 4.79 Å². The summed E-state index contributed by atoms with van der Waals surface area (Å²) >= 11 is 7.89. The Morgan fingerprint density at radius 1 is 1.32 bits per heavy atom. The van der Waals surface area contributed by atoms with E-state index in [1.165, 1.54) is 0 Å². The van der Waals surface area contributed by atoms with Gasteiger partial charge in [0.05, 0.1) is 15.6 Å². The summed E-state index contributed by atoms with van der Waals surface area (Å²) in [6, 6.07) is 13.1. The lowest BCUT2D eigenvalue weighted by molar-refractivity contribution is 0.0941. The number of nitrogens with zero attached hydrogens (tertiary/aromatic N) is 2. The Bertz CT molecular complexity index is 846. The molecule has 0 spiro atoms. The number of nitrogens with one attached hydrogen (secondary N) is 1. The number of rotatable bonds is 7. The first-order valence-corrected chi connectivity index (χ1v) is 9.12. The first kappa shape index (κ1) is 17.7. The normalized spacial score (nSPS) is 10.8. The number of para-hydroxylation sites is 1. The highest BCUT2D eigenvalue weighted by Crippen LogP contribution is 2.28. The van der Waals surface area contributed by atoms with Crippen molar-refractivity contribution in [3.05, 3.63) is 58.6 Å². The Morgan fingerprint density at radius 3 is 2.88 bits per heavy atom. The van der Waals surface area contributed by atoms with E-state index < -0.39 is 0 Å². The number of thiophene rings is 1. The van der Waals surface area contributed by atoms with Crippen LogP contribution in [0.3, 0.4) is 0 Å². The van der Waals surface area contributed by atoms with Gasteiger partial charge in [0.2, 0.25) is 0 Å². The van der Waals surface area contributed by atoms with Crippen molar-refractivity contribution in [3.63, 3.8) is 0 Å². The van der Waals surface area contributed by atoms with Gasteiger partial charge >= 0.3 is 0 Å². The lowest BCUT2D eigenvalue weighted by Crippen LogP contribution is -2.27. The fourth-order valence-corrected chi connectivity index (χ4v) is 3.30. The Balaban J connectivity index is 1.95. The second-order valence-electron chi connectivity index (χ2n) is 5.36. The monoisotopic (exact) mass is 375 g/mol. The third-order valence-electron chi connectivity index (χ3n) is 3.61. The molecule has 2 aromatic heterocycles. The molecule has 0 atom stereocenters. The molecule has 7 heteroatoms. The number of methoxy groups -OCH3 is 1. The quantitative estimate of drug-likeness (QED) is 0.634. The maximum absolute atomic E-state index is 12.6. The average Bonchev–Trinajstić information content (AvgIpc) is 3.28. The smallest absolute Gasteiger partial charge is 0.270 e. The molecule has 0 aliphatic rings. The maximum Gasteiger partial charge on any atom is 0.270 e. The van der Waals surface area contributed by atoms with Crippen LogP contribution < -0.4 is 5.32 Å². The number of ether oxygens (including phenoxy) is 1. The van der Waals surface area contributed by atoms with Crippen molar-refractivity contribution >= 4 is 28.8 Å². The minimum atomic E-state index is -0.189. The predicted octanol–water partition coefficient (Wildman–Crippen LogP) is 4.02. The fraction of sp³-hybridized carbons (Fsp3) is 0.222. The zero-order valence-electron chi connectivity index (χ0n) is 13.7. The molecule has 0 fully saturated rings. The van der Waals surface area contributed by atoms with Crippen molar-refractivity contribution in [2.45, 2.75) is 6.42 Å². The number of hydrogen-bond donors (Lipinski definition) is 1. The van der Waals surface area contributed by atoms with Gasteiger partial charge in [-0.1, -0.05) is 29.8 Å². The number of amides is 1. The number of hydrogen-bond acceptors (Lipinski definition) is 4. The SMILES string of the molecule is COCCCNC(=O)c1cc(-c2cccs2)nn1-c1ccccc1Cl. The topological polar surface area (TPSA) is 56.1 Å². The molecule has 1 aromatic carbocycles. The lowest BCUT2D eigenvalue weighted by Gasteiger charge is -2.09. The van der Waals surface area contributed by atoms with Gasteiger partial charge in [-0.2, -0.15) is 5.10 Å². The molecule has 25 heavy (non-hydrogen) atoms. The average molecular weight is 376 g/mol. The molecule has 3 aromatic rings. The zero-order valence-corrected chi connectivity index (χ0v) is 15.3. The van der Waals surface area contributed by atoms with Gasteiger partial charge in [0, 0.05) is 20.3 Å². The molecule has 0 bridgehead atoms. The van der Waals surface area contributed by atoms with Crippen LogP contribution in [0.25, 0.3) is 16.3 Å². The molecule has 0 unspecified atom stereocenters. The molecule has 130 valence electrons. The summed E-state index contributed by atoms with van der Waals surface area (Å²) in [5.74, 6) is -0.189. The van der Waals surface area contributed by atoms with Crippen LogP contribution in [0.2, 0.25) is 5.02 Å². The molecule has 0 saturated heterocycles. The van der Waals surface area contributed by atoms with Crippen LogP contribution in [0.1, 0.15) is 16.9 Å². The Morgan fingerprint density at radius 2 is 2.16 bits per heavy atom. The van der Waals surface area contributed by atoms with E-state index in [0.717, 1.165) is 17.0 Å². The highest BCUT2D eigenvalue weighted by molar-refractivity contribution is 7.13. The molecule has 0 radical (unpaired) electrons. The van der Waals surface area contributed by atoms with Crippen LogP contribution in [0.15, 0.2) is 47.8 Å².